The number of rotatable bonds is 10. The van der Waals surface area contributed by atoms with Crippen LogP contribution >= 0.6 is 11.8 Å². The van der Waals surface area contributed by atoms with E-state index in [1.165, 1.54) is 11.8 Å². The standard InChI is InChI=1S/C23H33N5O3S/c1-17(2)14-20(28-10-12-31-13-11-28)15-25-22(30)18-4-6-19(7-5-18)26-21(29)16-32-23-24-8-9-27(23)3/h4-9,17,20H,10-16H2,1-3H3,(H,25,30)(H,26,29). The molecule has 0 spiro atoms. The maximum Gasteiger partial charge on any atom is 0.251 e. The van der Waals surface area contributed by atoms with Crippen molar-refractivity contribution in [1.82, 2.24) is 19.8 Å². The number of nitrogens with one attached hydrogen (secondary N) is 2. The number of imidazole rings is 1. The molecule has 32 heavy (non-hydrogen) atoms. The van der Waals surface area contributed by atoms with Crippen molar-refractivity contribution in [3.63, 3.8) is 0 Å². The number of hydrogen-bond acceptors (Lipinski definition) is 6. The van der Waals surface area contributed by atoms with E-state index in [0.29, 0.717) is 29.8 Å². The summed E-state index contributed by atoms with van der Waals surface area (Å²) < 4.78 is 7.33. The van der Waals surface area contributed by atoms with Gasteiger partial charge in [0.25, 0.3) is 5.91 Å². The van der Waals surface area contributed by atoms with Crippen molar-refractivity contribution in [2.75, 3.05) is 43.9 Å². The first-order valence-electron chi connectivity index (χ1n) is 11.0. The van der Waals surface area contributed by atoms with E-state index in [1.807, 2.05) is 17.8 Å². The average molecular weight is 460 g/mol. The number of hydrogen-bond donors (Lipinski definition) is 2. The van der Waals surface area contributed by atoms with Crippen LogP contribution < -0.4 is 10.6 Å². The monoisotopic (exact) mass is 459 g/mol. The predicted molar refractivity (Wildman–Crippen MR) is 127 cm³/mol. The molecule has 1 unspecified atom stereocenters. The molecule has 0 bridgehead atoms. The number of aromatic nitrogens is 2. The van der Waals surface area contributed by atoms with Gasteiger partial charge in [0, 0.05) is 56.4 Å². The molecule has 2 heterocycles. The number of carbonyl (C=O) groups excluding carboxylic acids is 2. The highest BCUT2D eigenvalue weighted by atomic mass is 32.2. The highest BCUT2D eigenvalue weighted by molar-refractivity contribution is 7.99. The number of amides is 2. The van der Waals surface area contributed by atoms with Crippen LogP contribution in [0.5, 0.6) is 0 Å². The molecule has 2 aromatic rings. The number of nitrogens with zero attached hydrogens (tertiary/aromatic N) is 3. The summed E-state index contributed by atoms with van der Waals surface area (Å²) in [6, 6.07) is 7.29. The summed E-state index contributed by atoms with van der Waals surface area (Å²) in [5, 5.41) is 6.73. The molecular weight excluding hydrogens is 426 g/mol. The van der Waals surface area contributed by atoms with E-state index in [0.717, 1.165) is 37.9 Å². The maximum absolute atomic E-state index is 12.7. The molecule has 1 saturated heterocycles. The smallest absolute Gasteiger partial charge is 0.251 e. The lowest BCUT2D eigenvalue weighted by Crippen LogP contribution is -2.49. The number of ether oxygens (including phenoxy) is 1. The molecule has 1 aliphatic heterocycles. The zero-order valence-corrected chi connectivity index (χ0v) is 19.9. The van der Waals surface area contributed by atoms with Crippen molar-refractivity contribution in [3.05, 3.63) is 42.2 Å². The van der Waals surface area contributed by atoms with Gasteiger partial charge in [-0.1, -0.05) is 25.6 Å². The molecule has 1 fully saturated rings. The van der Waals surface area contributed by atoms with Crippen molar-refractivity contribution in [3.8, 4) is 0 Å². The first-order valence-corrected chi connectivity index (χ1v) is 12.0. The fourth-order valence-electron chi connectivity index (χ4n) is 3.68. The minimum absolute atomic E-state index is 0.102. The van der Waals surface area contributed by atoms with Gasteiger partial charge in [-0.15, -0.1) is 0 Å². The van der Waals surface area contributed by atoms with Crippen LogP contribution in [0.25, 0.3) is 0 Å². The van der Waals surface area contributed by atoms with Gasteiger partial charge < -0.3 is 19.9 Å². The van der Waals surface area contributed by atoms with Crippen LogP contribution in [0.2, 0.25) is 0 Å². The molecule has 0 saturated carbocycles. The fraction of sp³-hybridized carbons (Fsp3) is 0.522. The van der Waals surface area contributed by atoms with Crippen molar-refractivity contribution >= 4 is 29.3 Å². The number of carbonyl (C=O) groups is 2. The van der Waals surface area contributed by atoms with E-state index in [2.05, 4.69) is 34.4 Å². The summed E-state index contributed by atoms with van der Waals surface area (Å²) >= 11 is 1.38. The summed E-state index contributed by atoms with van der Waals surface area (Å²) in [5.74, 6) is 0.608. The molecule has 174 valence electrons. The first kappa shape index (κ1) is 24.3. The summed E-state index contributed by atoms with van der Waals surface area (Å²) in [7, 11) is 1.89. The van der Waals surface area contributed by atoms with E-state index < -0.39 is 0 Å². The lowest BCUT2D eigenvalue weighted by atomic mass is 10.0. The third-order valence-corrected chi connectivity index (χ3v) is 6.40. The Balaban J connectivity index is 1.48. The summed E-state index contributed by atoms with van der Waals surface area (Å²) in [6.07, 6.45) is 4.58. The summed E-state index contributed by atoms with van der Waals surface area (Å²) in [4.78, 5) is 31.5. The molecule has 1 atom stereocenters. The van der Waals surface area contributed by atoms with Crippen LogP contribution in [0.15, 0.2) is 41.8 Å². The third-order valence-electron chi connectivity index (χ3n) is 5.34. The molecular formula is C23H33N5O3S. The Morgan fingerprint density at radius 1 is 1.19 bits per heavy atom. The number of aryl methyl sites for hydroxylation is 1. The number of morpholine rings is 1. The Kier molecular flexibility index (Phi) is 9.13. The minimum Gasteiger partial charge on any atom is -0.379 e. The van der Waals surface area contributed by atoms with Crippen LogP contribution in [0.3, 0.4) is 0 Å². The highest BCUT2D eigenvalue weighted by Gasteiger charge is 2.22. The van der Waals surface area contributed by atoms with Crippen LogP contribution in [-0.2, 0) is 16.6 Å². The fourth-order valence-corrected chi connectivity index (χ4v) is 4.42. The van der Waals surface area contributed by atoms with Crippen molar-refractivity contribution in [2.24, 2.45) is 13.0 Å². The van der Waals surface area contributed by atoms with Gasteiger partial charge in [-0.3, -0.25) is 14.5 Å². The summed E-state index contributed by atoms with van der Waals surface area (Å²) in [5.41, 5.74) is 1.24. The van der Waals surface area contributed by atoms with Gasteiger partial charge in [-0.05, 0) is 36.6 Å². The first-order chi connectivity index (χ1) is 15.4. The zero-order chi connectivity index (χ0) is 22.9. The second-order valence-corrected chi connectivity index (χ2v) is 9.32. The second-order valence-electron chi connectivity index (χ2n) is 8.38. The zero-order valence-electron chi connectivity index (χ0n) is 19.0. The van der Waals surface area contributed by atoms with Crippen LogP contribution in [0.1, 0.15) is 30.6 Å². The molecule has 2 N–H and O–H groups in total. The van der Waals surface area contributed by atoms with Crippen LogP contribution in [0.4, 0.5) is 5.69 Å². The van der Waals surface area contributed by atoms with Gasteiger partial charge >= 0.3 is 0 Å². The Morgan fingerprint density at radius 3 is 2.53 bits per heavy atom. The van der Waals surface area contributed by atoms with Gasteiger partial charge in [-0.2, -0.15) is 0 Å². The Labute approximate surface area is 194 Å². The second kappa shape index (κ2) is 12.0. The van der Waals surface area contributed by atoms with E-state index >= 15 is 0 Å². The maximum atomic E-state index is 12.7. The SMILES string of the molecule is CC(C)CC(CNC(=O)c1ccc(NC(=O)CSc2nccn2C)cc1)N1CCOCC1. The molecule has 2 amide bonds. The number of anilines is 1. The van der Waals surface area contributed by atoms with E-state index in [1.54, 1.807) is 30.5 Å². The topological polar surface area (TPSA) is 88.5 Å². The van der Waals surface area contributed by atoms with Crippen molar-refractivity contribution in [2.45, 2.75) is 31.5 Å². The number of benzene rings is 1. The molecule has 0 aliphatic carbocycles. The van der Waals surface area contributed by atoms with Crippen LogP contribution in [0, 0.1) is 5.92 Å². The van der Waals surface area contributed by atoms with E-state index in [-0.39, 0.29) is 17.6 Å². The van der Waals surface area contributed by atoms with E-state index in [4.69, 9.17) is 4.74 Å². The van der Waals surface area contributed by atoms with Gasteiger partial charge in [0.1, 0.15) is 0 Å². The largest absolute Gasteiger partial charge is 0.379 e. The van der Waals surface area contributed by atoms with Crippen molar-refractivity contribution < 1.29 is 14.3 Å². The molecule has 1 aliphatic rings. The van der Waals surface area contributed by atoms with Gasteiger partial charge in [0.15, 0.2) is 5.16 Å². The molecule has 1 aromatic heterocycles. The highest BCUT2D eigenvalue weighted by Crippen LogP contribution is 2.16. The Hall–Kier alpha value is -2.36. The average Bonchev–Trinajstić information content (AvgIpc) is 3.20. The minimum atomic E-state index is -0.114. The predicted octanol–water partition coefficient (Wildman–Crippen LogP) is 2.63. The lowest BCUT2D eigenvalue weighted by molar-refractivity contribution is -0.113. The van der Waals surface area contributed by atoms with Crippen molar-refractivity contribution in [1.29, 1.82) is 0 Å². The third kappa shape index (κ3) is 7.36. The van der Waals surface area contributed by atoms with Crippen LogP contribution in [-0.4, -0.2) is 70.9 Å². The lowest BCUT2D eigenvalue weighted by Gasteiger charge is -2.35. The Bertz CT molecular complexity index is 878. The normalized spacial score (nSPS) is 15.5. The van der Waals surface area contributed by atoms with E-state index in [9.17, 15) is 9.59 Å². The van der Waals surface area contributed by atoms with Gasteiger partial charge in [-0.25, -0.2) is 4.98 Å². The molecule has 3 rings (SSSR count). The Morgan fingerprint density at radius 2 is 1.91 bits per heavy atom. The van der Waals surface area contributed by atoms with Gasteiger partial charge in [0.05, 0.1) is 19.0 Å². The molecule has 8 nitrogen and oxygen atoms in total. The number of thioether (sulfide) groups is 1. The molecule has 0 radical (unpaired) electrons. The van der Waals surface area contributed by atoms with Gasteiger partial charge in [0.2, 0.25) is 5.91 Å². The summed E-state index contributed by atoms with van der Waals surface area (Å²) in [6.45, 7) is 8.32. The molecule has 1 aromatic carbocycles. The quantitative estimate of drug-likeness (QED) is 0.531. The molecule has 9 heteroatoms.